The van der Waals surface area contributed by atoms with E-state index in [0.29, 0.717) is 25.6 Å². The fourth-order valence-electron chi connectivity index (χ4n) is 2.55. The molecule has 0 aliphatic carbocycles. The Kier molecular flexibility index (Phi) is 8.42. The molecule has 1 fully saturated rings. The molecule has 1 unspecified atom stereocenters. The van der Waals surface area contributed by atoms with Crippen molar-refractivity contribution < 1.29 is 13.2 Å². The standard InChI is InChI=1S/C16H26N4O3S.HI/c1-12(2)23-15-6-4-14(5-7-15)19-16(17)18-10-13-8-9-20(11-13)24(3,21)22;/h4-7,12-13H,8-11H2,1-3H3,(H3,17,18,19);1H. The third-order valence-corrected chi connectivity index (χ3v) is 5.01. The first-order valence-corrected chi connectivity index (χ1v) is 9.87. The zero-order chi connectivity index (χ0) is 17.7. The first-order valence-electron chi connectivity index (χ1n) is 8.03. The Balaban J connectivity index is 0.00000312. The topological polar surface area (TPSA) is 97.0 Å². The van der Waals surface area contributed by atoms with E-state index in [4.69, 9.17) is 10.5 Å². The Hall–Kier alpha value is -1.07. The summed E-state index contributed by atoms with van der Waals surface area (Å²) in [6, 6.07) is 7.50. The van der Waals surface area contributed by atoms with Crippen molar-refractivity contribution in [3.8, 4) is 5.75 Å². The molecule has 2 rings (SSSR count). The van der Waals surface area contributed by atoms with Crippen LogP contribution in [0.15, 0.2) is 29.3 Å². The third kappa shape index (κ3) is 7.37. The lowest BCUT2D eigenvalue weighted by Gasteiger charge is -2.13. The number of sulfonamides is 1. The van der Waals surface area contributed by atoms with Gasteiger partial charge in [0.2, 0.25) is 10.0 Å². The molecule has 9 heteroatoms. The zero-order valence-corrected chi connectivity index (χ0v) is 18.0. The molecule has 142 valence electrons. The Labute approximate surface area is 167 Å². The number of rotatable bonds is 6. The van der Waals surface area contributed by atoms with Crippen LogP contribution < -0.4 is 15.8 Å². The number of aliphatic imine (C=N–C) groups is 1. The molecule has 0 aromatic heterocycles. The Morgan fingerprint density at radius 1 is 1.40 bits per heavy atom. The number of hydrogen-bond acceptors (Lipinski definition) is 4. The number of nitrogens with two attached hydrogens (primary N) is 1. The van der Waals surface area contributed by atoms with Gasteiger partial charge in [0, 0.05) is 25.3 Å². The highest BCUT2D eigenvalue weighted by atomic mass is 127. The Bertz CT molecular complexity index is 677. The molecule has 0 spiro atoms. The van der Waals surface area contributed by atoms with Crippen molar-refractivity contribution in [2.24, 2.45) is 16.6 Å². The van der Waals surface area contributed by atoms with Crippen molar-refractivity contribution in [1.29, 1.82) is 0 Å². The van der Waals surface area contributed by atoms with Crippen LogP contribution in [0.5, 0.6) is 5.75 Å². The van der Waals surface area contributed by atoms with Gasteiger partial charge in [-0.2, -0.15) is 0 Å². The molecule has 1 heterocycles. The monoisotopic (exact) mass is 482 g/mol. The van der Waals surface area contributed by atoms with Crippen molar-refractivity contribution in [2.45, 2.75) is 26.4 Å². The molecule has 1 aromatic carbocycles. The summed E-state index contributed by atoms with van der Waals surface area (Å²) in [4.78, 5) is 4.32. The highest BCUT2D eigenvalue weighted by molar-refractivity contribution is 14.0. The lowest BCUT2D eigenvalue weighted by molar-refractivity contribution is 0.242. The molecule has 1 saturated heterocycles. The van der Waals surface area contributed by atoms with Crippen LogP contribution in [0, 0.1) is 5.92 Å². The van der Waals surface area contributed by atoms with Gasteiger partial charge in [-0.3, -0.25) is 4.99 Å². The minimum absolute atomic E-state index is 0. The van der Waals surface area contributed by atoms with Crippen LogP contribution >= 0.6 is 24.0 Å². The fourth-order valence-corrected chi connectivity index (χ4v) is 3.47. The highest BCUT2D eigenvalue weighted by Crippen LogP contribution is 2.19. The van der Waals surface area contributed by atoms with Crippen LogP contribution in [0.25, 0.3) is 0 Å². The summed E-state index contributed by atoms with van der Waals surface area (Å²) in [6.45, 7) is 5.54. The summed E-state index contributed by atoms with van der Waals surface area (Å²) in [7, 11) is -3.11. The van der Waals surface area contributed by atoms with Crippen LogP contribution in [-0.4, -0.2) is 50.7 Å². The summed E-state index contributed by atoms with van der Waals surface area (Å²) in [5.41, 5.74) is 6.73. The van der Waals surface area contributed by atoms with Gasteiger partial charge in [0.05, 0.1) is 12.4 Å². The second-order valence-electron chi connectivity index (χ2n) is 6.32. The molecule has 25 heavy (non-hydrogen) atoms. The van der Waals surface area contributed by atoms with Crippen molar-refractivity contribution in [1.82, 2.24) is 4.31 Å². The summed E-state index contributed by atoms with van der Waals surface area (Å²) in [5.74, 6) is 1.34. The first kappa shape index (κ1) is 22.0. The molecule has 0 radical (unpaired) electrons. The van der Waals surface area contributed by atoms with Crippen LogP contribution in [0.4, 0.5) is 5.69 Å². The summed E-state index contributed by atoms with van der Waals surface area (Å²) >= 11 is 0. The largest absolute Gasteiger partial charge is 0.491 e. The van der Waals surface area contributed by atoms with Crippen molar-refractivity contribution in [2.75, 3.05) is 31.2 Å². The Morgan fingerprint density at radius 2 is 2.04 bits per heavy atom. The fraction of sp³-hybridized carbons (Fsp3) is 0.562. The average Bonchev–Trinajstić information content (AvgIpc) is 2.96. The maximum atomic E-state index is 11.5. The number of hydrogen-bond donors (Lipinski definition) is 2. The maximum absolute atomic E-state index is 11.5. The molecule has 1 aliphatic rings. The second-order valence-corrected chi connectivity index (χ2v) is 8.30. The number of ether oxygens (including phenoxy) is 1. The van der Waals surface area contributed by atoms with E-state index in [1.54, 1.807) is 0 Å². The van der Waals surface area contributed by atoms with Crippen molar-refractivity contribution in [3.05, 3.63) is 24.3 Å². The second kappa shape index (κ2) is 9.58. The third-order valence-electron chi connectivity index (χ3n) is 3.74. The predicted molar refractivity (Wildman–Crippen MR) is 112 cm³/mol. The number of guanidine groups is 1. The zero-order valence-electron chi connectivity index (χ0n) is 14.8. The van der Waals surface area contributed by atoms with E-state index >= 15 is 0 Å². The van der Waals surface area contributed by atoms with Gasteiger partial charge < -0.3 is 15.8 Å². The van der Waals surface area contributed by atoms with Crippen molar-refractivity contribution in [3.63, 3.8) is 0 Å². The molecule has 1 aromatic rings. The number of benzene rings is 1. The number of nitrogens with one attached hydrogen (secondary N) is 1. The van der Waals surface area contributed by atoms with Gasteiger partial charge >= 0.3 is 0 Å². The molecule has 7 nitrogen and oxygen atoms in total. The van der Waals surface area contributed by atoms with Crippen molar-refractivity contribution >= 4 is 45.6 Å². The van der Waals surface area contributed by atoms with Gasteiger partial charge in [-0.1, -0.05) is 0 Å². The Morgan fingerprint density at radius 3 is 2.56 bits per heavy atom. The SMILES string of the molecule is CC(C)Oc1ccc(NC(N)=NCC2CCN(S(C)(=O)=O)C2)cc1.I. The van der Waals surface area contributed by atoms with Gasteiger partial charge in [0.25, 0.3) is 0 Å². The molecule has 0 amide bonds. The van der Waals surface area contributed by atoms with E-state index in [1.807, 2.05) is 38.1 Å². The smallest absolute Gasteiger partial charge is 0.211 e. The molecule has 3 N–H and O–H groups in total. The summed E-state index contributed by atoms with van der Waals surface area (Å²) in [5, 5.41) is 3.03. The van der Waals surface area contributed by atoms with E-state index in [1.165, 1.54) is 10.6 Å². The first-order chi connectivity index (χ1) is 11.2. The lowest BCUT2D eigenvalue weighted by atomic mass is 10.1. The van der Waals surface area contributed by atoms with Crippen LogP contribution in [-0.2, 0) is 10.0 Å². The molecule has 0 bridgehead atoms. The molecule has 0 saturated carbocycles. The summed E-state index contributed by atoms with van der Waals surface area (Å²) < 4.78 is 30.1. The molecular weight excluding hydrogens is 455 g/mol. The van der Waals surface area contributed by atoms with Gasteiger partial charge in [0.1, 0.15) is 5.75 Å². The van der Waals surface area contributed by atoms with Crippen LogP contribution in [0.1, 0.15) is 20.3 Å². The predicted octanol–water partition coefficient (Wildman–Crippen LogP) is 2.10. The number of nitrogens with zero attached hydrogens (tertiary/aromatic N) is 2. The van der Waals surface area contributed by atoms with Crippen LogP contribution in [0.3, 0.4) is 0 Å². The minimum Gasteiger partial charge on any atom is -0.491 e. The molecular formula is C16H27IN4O3S. The lowest BCUT2D eigenvalue weighted by Crippen LogP contribution is -2.28. The quantitative estimate of drug-likeness (QED) is 0.368. The summed E-state index contributed by atoms with van der Waals surface area (Å²) in [6.07, 6.45) is 2.18. The van der Waals surface area contributed by atoms with E-state index in [2.05, 4.69) is 10.3 Å². The molecule has 1 aliphatic heterocycles. The van der Waals surface area contributed by atoms with E-state index in [-0.39, 0.29) is 36.0 Å². The number of anilines is 1. The van der Waals surface area contributed by atoms with E-state index in [9.17, 15) is 8.42 Å². The average molecular weight is 482 g/mol. The van der Waals surface area contributed by atoms with Gasteiger partial charge in [-0.15, -0.1) is 24.0 Å². The van der Waals surface area contributed by atoms with Gasteiger partial charge in [-0.05, 0) is 50.5 Å². The van der Waals surface area contributed by atoms with Gasteiger partial charge in [0.15, 0.2) is 5.96 Å². The minimum atomic E-state index is -3.11. The van der Waals surface area contributed by atoms with Gasteiger partial charge in [-0.25, -0.2) is 12.7 Å². The van der Waals surface area contributed by atoms with E-state index in [0.717, 1.165) is 17.9 Å². The highest BCUT2D eigenvalue weighted by Gasteiger charge is 2.28. The van der Waals surface area contributed by atoms with Crippen LogP contribution in [0.2, 0.25) is 0 Å². The molecule has 1 atom stereocenters. The number of halogens is 1. The normalized spacial score (nSPS) is 18.9. The van der Waals surface area contributed by atoms with E-state index < -0.39 is 10.0 Å². The maximum Gasteiger partial charge on any atom is 0.211 e.